The normalized spacial score (nSPS) is 16.7. The van der Waals surface area contributed by atoms with Gasteiger partial charge >= 0.3 is 0 Å². The smallest absolute Gasteiger partial charge is 0.295 e. The Morgan fingerprint density at radius 3 is 2.27 bits per heavy atom. The average Bonchev–Trinajstić information content (AvgIpc) is 3.51. The van der Waals surface area contributed by atoms with Crippen LogP contribution in [0.1, 0.15) is 22.0 Å². The molecule has 1 unspecified atom stereocenters. The van der Waals surface area contributed by atoms with Gasteiger partial charge in [0, 0.05) is 11.4 Å². The van der Waals surface area contributed by atoms with E-state index < -0.39 is 23.5 Å². The maximum atomic E-state index is 13.4. The number of carbonyl (C=O) groups is 2. The number of methoxy groups -OCH3 is 4. The van der Waals surface area contributed by atoms with E-state index in [1.54, 1.807) is 30.3 Å². The second kappa shape index (κ2) is 10.9. The largest absolute Gasteiger partial charge is 0.507 e. The summed E-state index contributed by atoms with van der Waals surface area (Å²) in [5.74, 6) is -0.854. The van der Waals surface area contributed by atoms with Crippen molar-refractivity contribution in [3.05, 3.63) is 73.4 Å². The van der Waals surface area contributed by atoms with Crippen LogP contribution in [0.15, 0.2) is 47.4 Å². The highest BCUT2D eigenvalue weighted by molar-refractivity contribution is 7.10. The number of carbonyl (C=O) groups excluding carboxylic acids is 2. The molecule has 1 atom stereocenters. The van der Waals surface area contributed by atoms with Crippen molar-refractivity contribution in [1.29, 1.82) is 0 Å². The predicted octanol–water partition coefficient (Wildman–Crippen LogP) is 5.71. The lowest BCUT2D eigenvalue weighted by molar-refractivity contribution is -0.140. The third kappa shape index (κ3) is 4.70. The third-order valence-electron chi connectivity index (χ3n) is 5.95. The van der Waals surface area contributed by atoms with Crippen LogP contribution in [0, 0.1) is 0 Å². The summed E-state index contributed by atoms with van der Waals surface area (Å²) in [6.07, 6.45) is 0. The van der Waals surface area contributed by atoms with E-state index >= 15 is 0 Å². The van der Waals surface area contributed by atoms with Gasteiger partial charge in [0.25, 0.3) is 11.7 Å². The van der Waals surface area contributed by atoms with Crippen LogP contribution >= 0.6 is 34.5 Å². The molecule has 8 nitrogen and oxygen atoms in total. The zero-order valence-electron chi connectivity index (χ0n) is 20.3. The van der Waals surface area contributed by atoms with Gasteiger partial charge in [-0.25, -0.2) is 0 Å². The molecule has 1 aromatic heterocycles. The Morgan fingerprint density at radius 2 is 1.68 bits per heavy atom. The van der Waals surface area contributed by atoms with Gasteiger partial charge in [0.2, 0.25) is 0 Å². The SMILES string of the molecule is COc1ccc(CN2C(=O)C(=O)/C(=C(\O)c3cc(Cl)c(OC)c(Cl)c3OC)C2c2cccs2)cc1OC. The standard InChI is InChI=1S/C26H23Cl2NO7S/c1-33-16-8-7-13(10-17(16)34-2)12-29-21(18-6-5-9-37-18)19(23(31)26(29)32)22(30)14-11-15(27)25(36-4)20(28)24(14)35-3/h5-11,21,30H,12H2,1-4H3/b22-19-. The number of ketones is 1. The number of aliphatic hydroxyl groups is 1. The first-order valence-electron chi connectivity index (χ1n) is 10.9. The van der Waals surface area contributed by atoms with Gasteiger partial charge in [0.05, 0.1) is 50.6 Å². The Morgan fingerprint density at radius 1 is 0.973 bits per heavy atom. The summed E-state index contributed by atoms with van der Waals surface area (Å²) in [7, 11) is 5.79. The Hall–Kier alpha value is -3.40. The van der Waals surface area contributed by atoms with E-state index in [2.05, 4.69) is 0 Å². The van der Waals surface area contributed by atoms with Crippen molar-refractivity contribution in [3.63, 3.8) is 0 Å². The summed E-state index contributed by atoms with van der Waals surface area (Å²) in [6.45, 7) is 0.0749. The summed E-state index contributed by atoms with van der Waals surface area (Å²) in [4.78, 5) is 28.8. The lowest BCUT2D eigenvalue weighted by Gasteiger charge is -2.25. The molecule has 1 saturated heterocycles. The Labute approximate surface area is 227 Å². The van der Waals surface area contributed by atoms with Crippen molar-refractivity contribution in [1.82, 2.24) is 4.90 Å². The van der Waals surface area contributed by atoms with Crippen molar-refractivity contribution >= 4 is 52.0 Å². The number of hydrogen-bond acceptors (Lipinski definition) is 8. The van der Waals surface area contributed by atoms with Gasteiger partial charge in [-0.15, -0.1) is 11.3 Å². The van der Waals surface area contributed by atoms with Crippen LogP contribution in [0.4, 0.5) is 0 Å². The van der Waals surface area contributed by atoms with E-state index in [0.29, 0.717) is 21.9 Å². The zero-order valence-corrected chi connectivity index (χ0v) is 22.7. The minimum atomic E-state index is -0.863. The Balaban J connectivity index is 1.88. The highest BCUT2D eigenvalue weighted by Gasteiger charge is 2.47. The fourth-order valence-electron chi connectivity index (χ4n) is 4.25. The number of halogens is 2. The number of ether oxygens (including phenoxy) is 4. The molecule has 0 aliphatic carbocycles. The fourth-order valence-corrected chi connectivity index (χ4v) is 5.79. The van der Waals surface area contributed by atoms with Crippen molar-refractivity contribution in [2.45, 2.75) is 12.6 Å². The molecule has 0 radical (unpaired) electrons. The van der Waals surface area contributed by atoms with E-state index in [0.717, 1.165) is 0 Å². The monoisotopic (exact) mass is 563 g/mol. The van der Waals surface area contributed by atoms with Gasteiger partial charge in [0.1, 0.15) is 10.8 Å². The average molecular weight is 564 g/mol. The van der Waals surface area contributed by atoms with Crippen LogP contribution in [0.25, 0.3) is 5.76 Å². The van der Waals surface area contributed by atoms with Crippen molar-refractivity contribution < 1.29 is 33.6 Å². The van der Waals surface area contributed by atoms with E-state index in [1.807, 2.05) is 5.38 Å². The molecule has 2 heterocycles. The highest BCUT2D eigenvalue weighted by Crippen LogP contribution is 2.48. The van der Waals surface area contributed by atoms with E-state index in [-0.39, 0.29) is 39.2 Å². The summed E-state index contributed by atoms with van der Waals surface area (Å²) in [5.41, 5.74) is 0.654. The molecule has 11 heteroatoms. The van der Waals surface area contributed by atoms with Gasteiger partial charge in [-0.2, -0.15) is 0 Å². The first-order chi connectivity index (χ1) is 17.8. The molecule has 0 spiro atoms. The first kappa shape index (κ1) is 26.7. The topological polar surface area (TPSA) is 94.5 Å². The van der Waals surface area contributed by atoms with Gasteiger partial charge in [-0.1, -0.05) is 35.3 Å². The number of thiophene rings is 1. The maximum absolute atomic E-state index is 13.4. The van der Waals surface area contributed by atoms with E-state index in [9.17, 15) is 14.7 Å². The minimum Gasteiger partial charge on any atom is -0.507 e. The number of nitrogens with zero attached hydrogens (tertiary/aromatic N) is 1. The predicted molar refractivity (Wildman–Crippen MR) is 141 cm³/mol. The minimum absolute atomic E-state index is 0.0197. The molecule has 0 saturated carbocycles. The second-order valence-electron chi connectivity index (χ2n) is 7.92. The van der Waals surface area contributed by atoms with Gasteiger partial charge in [-0.3, -0.25) is 9.59 Å². The van der Waals surface area contributed by atoms with Gasteiger partial charge < -0.3 is 29.0 Å². The van der Waals surface area contributed by atoms with Crippen LogP contribution < -0.4 is 18.9 Å². The summed E-state index contributed by atoms with van der Waals surface area (Å²) in [6, 6.07) is 9.34. The summed E-state index contributed by atoms with van der Waals surface area (Å²) >= 11 is 14.1. The molecule has 1 N–H and O–H groups in total. The number of amides is 1. The molecule has 1 aliphatic rings. The molecular formula is C26H23Cl2NO7S. The summed E-state index contributed by atoms with van der Waals surface area (Å²) in [5, 5.41) is 13.4. The molecule has 1 fully saturated rings. The Kier molecular flexibility index (Phi) is 7.87. The second-order valence-corrected chi connectivity index (χ2v) is 9.68. The van der Waals surface area contributed by atoms with Crippen LogP contribution in [-0.4, -0.2) is 50.1 Å². The van der Waals surface area contributed by atoms with Gasteiger partial charge in [0.15, 0.2) is 23.0 Å². The molecule has 1 aliphatic heterocycles. The number of aliphatic hydroxyl groups excluding tert-OH is 1. The lowest BCUT2D eigenvalue weighted by Crippen LogP contribution is -2.28. The van der Waals surface area contributed by atoms with Crippen molar-refractivity contribution in [2.75, 3.05) is 28.4 Å². The number of rotatable bonds is 8. The molecule has 3 aromatic rings. The van der Waals surface area contributed by atoms with Crippen LogP contribution in [0.5, 0.6) is 23.0 Å². The van der Waals surface area contributed by atoms with E-state index in [1.165, 1.54) is 50.7 Å². The molecule has 37 heavy (non-hydrogen) atoms. The number of likely N-dealkylation sites (tertiary alicyclic amines) is 1. The van der Waals surface area contributed by atoms with Crippen LogP contribution in [0.2, 0.25) is 10.0 Å². The van der Waals surface area contributed by atoms with E-state index in [4.69, 9.17) is 42.1 Å². The first-order valence-corrected chi connectivity index (χ1v) is 12.5. The summed E-state index contributed by atoms with van der Waals surface area (Å²) < 4.78 is 21.3. The molecule has 2 aromatic carbocycles. The maximum Gasteiger partial charge on any atom is 0.295 e. The highest BCUT2D eigenvalue weighted by atomic mass is 35.5. The molecular weight excluding hydrogens is 541 g/mol. The molecule has 194 valence electrons. The van der Waals surface area contributed by atoms with Crippen LogP contribution in [0.3, 0.4) is 0 Å². The molecule has 1 amide bonds. The zero-order chi connectivity index (χ0) is 26.9. The third-order valence-corrected chi connectivity index (χ3v) is 7.50. The number of hydrogen-bond donors (Lipinski definition) is 1. The van der Waals surface area contributed by atoms with Crippen molar-refractivity contribution in [3.8, 4) is 23.0 Å². The quantitative estimate of drug-likeness (QED) is 0.213. The fraction of sp³-hybridized carbons (Fsp3) is 0.231. The lowest BCUT2D eigenvalue weighted by atomic mass is 9.99. The molecule has 0 bridgehead atoms. The number of Topliss-reactive ketones (excluding diaryl/α,β-unsaturated/α-hetero) is 1. The number of benzene rings is 2. The molecule has 4 rings (SSSR count). The van der Waals surface area contributed by atoms with Gasteiger partial charge in [-0.05, 0) is 35.2 Å². The van der Waals surface area contributed by atoms with Crippen LogP contribution in [-0.2, 0) is 16.1 Å². The van der Waals surface area contributed by atoms with Crippen molar-refractivity contribution in [2.24, 2.45) is 0 Å². The Bertz CT molecular complexity index is 1390.